The first-order valence-electron chi connectivity index (χ1n) is 10.7. The molecule has 1 aliphatic rings. The van der Waals surface area contributed by atoms with Gasteiger partial charge in [0, 0.05) is 11.1 Å². The number of aliphatic hydroxyl groups excluding tert-OH is 1. The third-order valence-corrected chi connectivity index (χ3v) is 5.74. The third-order valence-electron chi connectivity index (χ3n) is 5.74. The van der Waals surface area contributed by atoms with Crippen molar-refractivity contribution in [3.8, 4) is 28.7 Å². The van der Waals surface area contributed by atoms with Crippen LogP contribution in [-0.2, 0) is 6.61 Å². The van der Waals surface area contributed by atoms with Crippen molar-refractivity contribution in [2.24, 2.45) is 0 Å². The van der Waals surface area contributed by atoms with Gasteiger partial charge in [0.1, 0.15) is 17.1 Å². The number of ketones is 1. The molecule has 176 valence electrons. The zero-order chi connectivity index (χ0) is 24.0. The van der Waals surface area contributed by atoms with Crippen LogP contribution in [-0.4, -0.2) is 44.4 Å². The lowest BCUT2D eigenvalue weighted by Crippen LogP contribution is -2.06. The minimum Gasteiger partial charge on any atom is -0.506 e. The van der Waals surface area contributed by atoms with Crippen molar-refractivity contribution in [1.29, 1.82) is 0 Å². The fourth-order valence-electron chi connectivity index (χ4n) is 4.15. The van der Waals surface area contributed by atoms with E-state index in [1.54, 1.807) is 24.3 Å². The second-order valence-electron chi connectivity index (χ2n) is 7.59. The Kier molecular flexibility index (Phi) is 8.01. The van der Waals surface area contributed by atoms with E-state index < -0.39 is 5.78 Å². The van der Waals surface area contributed by atoms with E-state index in [-0.39, 0.29) is 23.7 Å². The number of hydrogen-bond acceptors (Lipinski definition) is 7. The summed E-state index contributed by atoms with van der Waals surface area (Å²) in [4.78, 5) is 13.2. The fourth-order valence-corrected chi connectivity index (χ4v) is 4.15. The maximum atomic E-state index is 13.2. The number of hydrogen-bond donors (Lipinski definition) is 2. The SMILES string of the molecule is COc1ccc(/C=C/C(=O)c2c(OC)cc(CO)c(C3=CCCCC3)c2O)c(OC)c1OC. The molecular formula is C26H30O7. The van der Waals surface area contributed by atoms with Gasteiger partial charge in [0.2, 0.25) is 5.75 Å². The largest absolute Gasteiger partial charge is 0.506 e. The molecule has 0 heterocycles. The van der Waals surface area contributed by atoms with Crippen LogP contribution in [0.5, 0.6) is 28.7 Å². The average Bonchev–Trinajstić information content (AvgIpc) is 2.86. The summed E-state index contributed by atoms with van der Waals surface area (Å²) in [6.45, 7) is -0.274. The molecule has 2 aromatic rings. The van der Waals surface area contributed by atoms with E-state index in [2.05, 4.69) is 6.08 Å². The molecule has 0 spiro atoms. The molecule has 0 unspecified atom stereocenters. The van der Waals surface area contributed by atoms with Gasteiger partial charge in [-0.15, -0.1) is 0 Å². The van der Waals surface area contributed by atoms with Crippen LogP contribution in [0.2, 0.25) is 0 Å². The number of phenolic OH excluding ortho intramolecular Hbond substituents is 1. The summed E-state index contributed by atoms with van der Waals surface area (Å²) >= 11 is 0. The van der Waals surface area contributed by atoms with Crippen LogP contribution < -0.4 is 18.9 Å². The number of rotatable bonds is 9. The number of aromatic hydroxyl groups is 1. The number of carbonyl (C=O) groups is 1. The molecule has 33 heavy (non-hydrogen) atoms. The van der Waals surface area contributed by atoms with Gasteiger partial charge in [0.25, 0.3) is 0 Å². The molecule has 0 saturated heterocycles. The number of carbonyl (C=O) groups excluding carboxylic acids is 1. The fraction of sp³-hybridized carbons (Fsp3) is 0.346. The monoisotopic (exact) mass is 454 g/mol. The van der Waals surface area contributed by atoms with E-state index in [0.717, 1.165) is 31.3 Å². The Labute approximate surface area is 193 Å². The summed E-state index contributed by atoms with van der Waals surface area (Å²) in [6, 6.07) is 5.07. The van der Waals surface area contributed by atoms with Gasteiger partial charge in [0.05, 0.1) is 35.0 Å². The van der Waals surface area contributed by atoms with Crippen LogP contribution in [0.3, 0.4) is 0 Å². The zero-order valence-electron chi connectivity index (χ0n) is 19.4. The van der Waals surface area contributed by atoms with Gasteiger partial charge < -0.3 is 29.2 Å². The molecule has 0 aromatic heterocycles. The van der Waals surface area contributed by atoms with Crippen LogP contribution in [0.4, 0.5) is 0 Å². The number of allylic oxidation sites excluding steroid dienone is 3. The molecule has 0 fully saturated rings. The van der Waals surface area contributed by atoms with Crippen LogP contribution in [0.15, 0.2) is 30.4 Å². The molecule has 2 N–H and O–H groups in total. The summed E-state index contributed by atoms with van der Waals surface area (Å²) < 4.78 is 21.5. The normalized spacial score (nSPS) is 13.5. The second-order valence-corrected chi connectivity index (χ2v) is 7.59. The lowest BCUT2D eigenvalue weighted by atomic mass is 9.87. The lowest BCUT2D eigenvalue weighted by Gasteiger charge is -2.20. The topological polar surface area (TPSA) is 94.5 Å². The molecule has 0 bridgehead atoms. The van der Waals surface area contributed by atoms with Gasteiger partial charge in [-0.3, -0.25) is 4.79 Å². The molecular weight excluding hydrogens is 424 g/mol. The maximum Gasteiger partial charge on any atom is 0.203 e. The lowest BCUT2D eigenvalue weighted by molar-refractivity contribution is 0.104. The number of benzene rings is 2. The smallest absolute Gasteiger partial charge is 0.203 e. The summed E-state index contributed by atoms with van der Waals surface area (Å²) in [7, 11) is 5.96. The molecule has 2 aromatic carbocycles. The minimum absolute atomic E-state index is 0.0480. The Morgan fingerprint density at radius 2 is 1.73 bits per heavy atom. The van der Waals surface area contributed by atoms with Crippen LogP contribution >= 0.6 is 0 Å². The number of ether oxygens (including phenoxy) is 4. The number of aliphatic hydroxyl groups is 1. The van der Waals surface area contributed by atoms with Crippen molar-refractivity contribution in [2.45, 2.75) is 32.3 Å². The van der Waals surface area contributed by atoms with E-state index in [9.17, 15) is 15.0 Å². The molecule has 0 radical (unpaired) electrons. The minimum atomic E-state index is -0.441. The molecule has 0 atom stereocenters. The van der Waals surface area contributed by atoms with Crippen molar-refractivity contribution in [3.63, 3.8) is 0 Å². The number of methoxy groups -OCH3 is 4. The molecule has 0 aliphatic heterocycles. The van der Waals surface area contributed by atoms with Crippen molar-refractivity contribution in [3.05, 3.63) is 52.6 Å². The highest BCUT2D eigenvalue weighted by molar-refractivity contribution is 6.11. The Morgan fingerprint density at radius 3 is 2.30 bits per heavy atom. The second kappa shape index (κ2) is 10.9. The van der Waals surface area contributed by atoms with Crippen LogP contribution in [0, 0.1) is 0 Å². The quantitative estimate of drug-likeness (QED) is 0.416. The summed E-state index contributed by atoms with van der Waals surface area (Å²) in [5.74, 6) is 0.909. The summed E-state index contributed by atoms with van der Waals surface area (Å²) in [5.41, 5.74) is 2.62. The highest BCUT2D eigenvalue weighted by Gasteiger charge is 2.25. The van der Waals surface area contributed by atoms with Crippen molar-refractivity contribution < 1.29 is 34.0 Å². The van der Waals surface area contributed by atoms with Crippen molar-refractivity contribution in [1.82, 2.24) is 0 Å². The Bertz CT molecular complexity index is 1080. The molecule has 7 heteroatoms. The molecule has 3 rings (SSSR count). The van der Waals surface area contributed by atoms with Gasteiger partial charge in [0.15, 0.2) is 17.3 Å². The highest BCUT2D eigenvalue weighted by atomic mass is 16.5. The number of phenols is 1. The zero-order valence-corrected chi connectivity index (χ0v) is 19.4. The Hall–Kier alpha value is -3.45. The molecule has 0 saturated carbocycles. The Balaban J connectivity index is 2.07. The van der Waals surface area contributed by atoms with E-state index >= 15 is 0 Å². The van der Waals surface area contributed by atoms with Crippen molar-refractivity contribution >= 4 is 17.4 Å². The third kappa shape index (κ3) is 4.83. The predicted molar refractivity (Wildman–Crippen MR) is 126 cm³/mol. The summed E-state index contributed by atoms with van der Waals surface area (Å²) in [6.07, 6.45) is 8.73. The van der Waals surface area contributed by atoms with Crippen LogP contribution in [0.25, 0.3) is 11.6 Å². The van der Waals surface area contributed by atoms with Gasteiger partial charge >= 0.3 is 0 Å². The van der Waals surface area contributed by atoms with Crippen LogP contribution in [0.1, 0.15) is 52.7 Å². The van der Waals surface area contributed by atoms with E-state index in [1.807, 2.05) is 0 Å². The van der Waals surface area contributed by atoms with Gasteiger partial charge in [-0.2, -0.15) is 0 Å². The van der Waals surface area contributed by atoms with Gasteiger partial charge in [-0.25, -0.2) is 0 Å². The van der Waals surface area contributed by atoms with E-state index in [4.69, 9.17) is 18.9 Å². The first-order valence-corrected chi connectivity index (χ1v) is 10.7. The maximum absolute atomic E-state index is 13.2. The molecule has 0 amide bonds. The predicted octanol–water partition coefficient (Wildman–Crippen LogP) is 4.77. The average molecular weight is 455 g/mol. The van der Waals surface area contributed by atoms with Gasteiger partial charge in [-0.05, 0) is 67.2 Å². The first-order chi connectivity index (χ1) is 16.0. The standard InChI is InChI=1S/C26H30O7/c1-30-20-13-11-17(25(32-3)26(20)33-4)10-12-19(28)23-21(31-2)14-18(15-27)22(24(23)29)16-8-6-5-7-9-16/h8,10-14,27,29H,5-7,9,15H2,1-4H3/b12-10+. The first kappa shape index (κ1) is 24.2. The van der Waals surface area contributed by atoms with Gasteiger partial charge in [-0.1, -0.05) is 6.08 Å². The summed E-state index contributed by atoms with van der Waals surface area (Å²) in [5, 5.41) is 21.0. The van der Waals surface area contributed by atoms with Crippen molar-refractivity contribution in [2.75, 3.05) is 28.4 Å². The Morgan fingerprint density at radius 1 is 1.00 bits per heavy atom. The molecule has 7 nitrogen and oxygen atoms in total. The van der Waals surface area contributed by atoms with E-state index in [0.29, 0.717) is 33.9 Å². The van der Waals surface area contributed by atoms with E-state index in [1.165, 1.54) is 34.5 Å². The molecule has 1 aliphatic carbocycles. The highest BCUT2D eigenvalue weighted by Crippen LogP contribution is 2.43.